The number of fused-ring (bicyclic) bond motifs is 1. The minimum absolute atomic E-state index is 0.0666. The Hall–Kier alpha value is -1.39. The molecule has 0 fully saturated rings. The number of ether oxygens (including phenoxy) is 1. The molecule has 0 N–H and O–H groups in total. The molecular formula is C15H9BrClFO2. The molecule has 102 valence electrons. The summed E-state index contributed by atoms with van der Waals surface area (Å²) in [5.74, 6) is -0.0335. The van der Waals surface area contributed by atoms with Gasteiger partial charge in [-0.05, 0) is 36.4 Å². The van der Waals surface area contributed by atoms with Gasteiger partial charge in [-0.1, -0.05) is 27.5 Å². The maximum absolute atomic E-state index is 13.9. The van der Waals surface area contributed by atoms with Crippen molar-refractivity contribution in [1.29, 1.82) is 0 Å². The fourth-order valence-corrected chi connectivity index (χ4v) is 2.75. The van der Waals surface area contributed by atoms with Gasteiger partial charge in [0.15, 0.2) is 5.78 Å². The van der Waals surface area contributed by atoms with E-state index in [1.54, 1.807) is 18.2 Å². The summed E-state index contributed by atoms with van der Waals surface area (Å²) in [6.07, 6.45) is -0.547. The molecule has 0 saturated carbocycles. The van der Waals surface area contributed by atoms with Gasteiger partial charge in [-0.15, -0.1) is 0 Å². The fraction of sp³-hybridized carbons (Fsp3) is 0.133. The zero-order valence-electron chi connectivity index (χ0n) is 10.2. The molecule has 1 aliphatic heterocycles. The van der Waals surface area contributed by atoms with E-state index in [2.05, 4.69) is 15.9 Å². The van der Waals surface area contributed by atoms with E-state index in [0.29, 0.717) is 21.9 Å². The van der Waals surface area contributed by atoms with Crippen molar-refractivity contribution >= 4 is 33.3 Å². The predicted molar refractivity (Wildman–Crippen MR) is 77.9 cm³/mol. The SMILES string of the molecule is O=C1CC(c2cc(Cl)ccc2F)Oc2cc(Br)ccc21. The highest BCUT2D eigenvalue weighted by atomic mass is 79.9. The Morgan fingerprint density at radius 3 is 2.85 bits per heavy atom. The van der Waals surface area contributed by atoms with Gasteiger partial charge >= 0.3 is 0 Å². The van der Waals surface area contributed by atoms with Gasteiger partial charge in [-0.2, -0.15) is 0 Å². The van der Waals surface area contributed by atoms with Gasteiger partial charge in [0.1, 0.15) is 17.7 Å². The van der Waals surface area contributed by atoms with Gasteiger partial charge in [0, 0.05) is 15.1 Å². The van der Waals surface area contributed by atoms with Crippen LogP contribution in [-0.4, -0.2) is 5.78 Å². The monoisotopic (exact) mass is 354 g/mol. The minimum atomic E-state index is -0.650. The summed E-state index contributed by atoms with van der Waals surface area (Å²) in [5.41, 5.74) is 0.823. The average Bonchev–Trinajstić information content (AvgIpc) is 2.41. The number of rotatable bonds is 1. The highest BCUT2D eigenvalue weighted by Crippen LogP contribution is 2.37. The third kappa shape index (κ3) is 2.45. The van der Waals surface area contributed by atoms with Crippen LogP contribution >= 0.6 is 27.5 Å². The fourth-order valence-electron chi connectivity index (χ4n) is 2.23. The van der Waals surface area contributed by atoms with Gasteiger partial charge in [0.2, 0.25) is 0 Å². The lowest BCUT2D eigenvalue weighted by Gasteiger charge is -2.26. The van der Waals surface area contributed by atoms with Crippen LogP contribution < -0.4 is 4.74 Å². The Balaban J connectivity index is 2.02. The van der Waals surface area contributed by atoms with E-state index in [1.807, 2.05) is 0 Å². The molecule has 2 aromatic carbocycles. The lowest BCUT2D eigenvalue weighted by Crippen LogP contribution is -2.21. The van der Waals surface area contributed by atoms with Gasteiger partial charge in [0.25, 0.3) is 0 Å². The predicted octanol–water partition coefficient (Wildman–Crippen LogP) is 4.95. The number of ketones is 1. The molecule has 1 atom stereocenters. The van der Waals surface area contributed by atoms with Crippen LogP contribution in [0.1, 0.15) is 28.4 Å². The summed E-state index contributed by atoms with van der Waals surface area (Å²) >= 11 is 9.21. The summed E-state index contributed by atoms with van der Waals surface area (Å²) in [7, 11) is 0. The molecule has 2 nitrogen and oxygen atoms in total. The summed E-state index contributed by atoms with van der Waals surface area (Å²) in [4.78, 5) is 12.1. The third-order valence-electron chi connectivity index (χ3n) is 3.19. The minimum Gasteiger partial charge on any atom is -0.484 e. The normalized spacial score (nSPS) is 17.6. The van der Waals surface area contributed by atoms with E-state index in [4.69, 9.17) is 16.3 Å². The van der Waals surface area contributed by atoms with Crippen LogP contribution in [0, 0.1) is 5.82 Å². The van der Waals surface area contributed by atoms with E-state index in [1.165, 1.54) is 18.2 Å². The number of Topliss-reactive ketones (excluding diaryl/α,β-unsaturated/α-hetero) is 1. The molecule has 5 heteroatoms. The Kier molecular flexibility index (Phi) is 3.52. The zero-order valence-corrected chi connectivity index (χ0v) is 12.5. The first kappa shape index (κ1) is 13.6. The highest BCUT2D eigenvalue weighted by Gasteiger charge is 2.29. The van der Waals surface area contributed by atoms with Crippen molar-refractivity contribution in [3.05, 3.63) is 62.8 Å². The van der Waals surface area contributed by atoms with Crippen molar-refractivity contribution in [2.45, 2.75) is 12.5 Å². The Bertz CT molecular complexity index is 702. The van der Waals surface area contributed by atoms with E-state index < -0.39 is 11.9 Å². The van der Waals surface area contributed by atoms with Crippen molar-refractivity contribution in [1.82, 2.24) is 0 Å². The van der Waals surface area contributed by atoms with Crippen LogP contribution in [0.25, 0.3) is 0 Å². The first-order valence-corrected chi connectivity index (χ1v) is 7.16. The van der Waals surface area contributed by atoms with Crippen LogP contribution in [0.15, 0.2) is 40.9 Å². The zero-order chi connectivity index (χ0) is 14.3. The summed E-state index contributed by atoms with van der Waals surface area (Å²) in [6, 6.07) is 9.43. The molecule has 3 rings (SSSR count). The molecule has 0 bridgehead atoms. The van der Waals surface area contributed by atoms with Crippen LogP contribution in [0.4, 0.5) is 4.39 Å². The third-order valence-corrected chi connectivity index (χ3v) is 3.92. The van der Waals surface area contributed by atoms with Crippen molar-refractivity contribution in [3.63, 3.8) is 0 Å². The first-order chi connectivity index (χ1) is 9.54. The Morgan fingerprint density at radius 2 is 2.05 bits per heavy atom. The Labute approximate surface area is 128 Å². The molecule has 20 heavy (non-hydrogen) atoms. The van der Waals surface area contributed by atoms with Crippen LogP contribution in [0.3, 0.4) is 0 Å². The van der Waals surface area contributed by atoms with E-state index >= 15 is 0 Å². The first-order valence-electron chi connectivity index (χ1n) is 5.99. The second kappa shape index (κ2) is 5.19. The number of halogens is 3. The van der Waals surface area contributed by atoms with E-state index in [-0.39, 0.29) is 12.2 Å². The molecule has 0 spiro atoms. The summed E-state index contributed by atoms with van der Waals surface area (Å²) < 4.78 is 20.4. The van der Waals surface area contributed by atoms with Crippen LogP contribution in [-0.2, 0) is 0 Å². The van der Waals surface area contributed by atoms with Crippen molar-refractivity contribution in [2.75, 3.05) is 0 Å². The standard InChI is InChI=1S/C15H9BrClFO2/c16-8-1-3-10-13(19)7-15(20-14(10)5-8)11-6-9(17)2-4-12(11)18/h1-6,15H,7H2. The number of benzene rings is 2. The number of carbonyl (C=O) groups is 1. The lowest BCUT2D eigenvalue weighted by molar-refractivity contribution is 0.0845. The molecule has 0 radical (unpaired) electrons. The topological polar surface area (TPSA) is 26.3 Å². The molecule has 0 aliphatic carbocycles. The van der Waals surface area contributed by atoms with E-state index in [9.17, 15) is 9.18 Å². The molecular weight excluding hydrogens is 347 g/mol. The summed E-state index contributed by atoms with van der Waals surface area (Å²) in [6.45, 7) is 0. The van der Waals surface area contributed by atoms with Gasteiger partial charge in [-0.3, -0.25) is 4.79 Å². The number of hydrogen-bond donors (Lipinski definition) is 0. The van der Waals surface area contributed by atoms with Gasteiger partial charge < -0.3 is 4.74 Å². The molecule has 0 saturated heterocycles. The molecule has 1 aliphatic rings. The largest absolute Gasteiger partial charge is 0.484 e. The molecule has 0 amide bonds. The maximum Gasteiger partial charge on any atom is 0.170 e. The quantitative estimate of drug-likeness (QED) is 0.723. The van der Waals surface area contributed by atoms with Crippen LogP contribution in [0.2, 0.25) is 5.02 Å². The smallest absolute Gasteiger partial charge is 0.170 e. The molecule has 1 unspecified atom stereocenters. The van der Waals surface area contributed by atoms with Crippen molar-refractivity contribution < 1.29 is 13.9 Å². The van der Waals surface area contributed by atoms with Gasteiger partial charge in [0.05, 0.1) is 12.0 Å². The molecule has 0 aromatic heterocycles. The maximum atomic E-state index is 13.9. The van der Waals surface area contributed by atoms with E-state index in [0.717, 1.165) is 4.47 Å². The molecule has 2 aromatic rings. The lowest BCUT2D eigenvalue weighted by atomic mass is 9.96. The van der Waals surface area contributed by atoms with Crippen molar-refractivity contribution in [2.24, 2.45) is 0 Å². The van der Waals surface area contributed by atoms with Crippen LogP contribution in [0.5, 0.6) is 5.75 Å². The van der Waals surface area contributed by atoms with Crippen molar-refractivity contribution in [3.8, 4) is 5.75 Å². The average molecular weight is 356 g/mol. The van der Waals surface area contributed by atoms with Gasteiger partial charge in [-0.25, -0.2) is 4.39 Å². The second-order valence-corrected chi connectivity index (χ2v) is 5.89. The second-order valence-electron chi connectivity index (χ2n) is 4.54. The molecule has 1 heterocycles. The number of hydrogen-bond acceptors (Lipinski definition) is 2. The number of carbonyl (C=O) groups excluding carboxylic acids is 1. The Morgan fingerprint density at radius 1 is 1.25 bits per heavy atom. The highest BCUT2D eigenvalue weighted by molar-refractivity contribution is 9.10. The summed E-state index contributed by atoms with van der Waals surface area (Å²) in [5, 5.41) is 0.414.